The van der Waals surface area contributed by atoms with Gasteiger partial charge in [-0.3, -0.25) is 0 Å². The molecule has 0 atom stereocenters. The summed E-state index contributed by atoms with van der Waals surface area (Å²) in [7, 11) is 0. The Morgan fingerprint density at radius 2 is 2.07 bits per heavy atom. The SMILES string of the molecule is CCOc1ccc(-c2cc3[nH]c(CNC4CC4)nc3c(C#N)n2)cc1C(F)(F)F. The number of hydrogen-bond donors (Lipinski definition) is 2. The molecule has 2 N–H and O–H groups in total. The standard InChI is InChI=1S/C20H18F3N5O/c1-2-29-17-6-3-11(7-13(17)20(21,22)23)14-8-15-19(16(9-24)26-14)28-18(27-15)10-25-12-4-5-12/h3,6-8,12,25H,2,4-5,10H2,1H3,(H,27,28). The average molecular weight is 401 g/mol. The number of H-pyrrole nitrogens is 1. The molecule has 0 aliphatic heterocycles. The molecule has 1 fully saturated rings. The Balaban J connectivity index is 1.75. The number of aromatic nitrogens is 3. The molecule has 150 valence electrons. The minimum atomic E-state index is -4.57. The molecule has 0 amide bonds. The molecule has 0 spiro atoms. The van der Waals surface area contributed by atoms with Crippen LogP contribution in [-0.2, 0) is 12.7 Å². The monoisotopic (exact) mass is 401 g/mol. The van der Waals surface area contributed by atoms with Crippen molar-refractivity contribution in [2.75, 3.05) is 6.61 Å². The van der Waals surface area contributed by atoms with Crippen LogP contribution < -0.4 is 10.1 Å². The number of nitriles is 1. The molecule has 29 heavy (non-hydrogen) atoms. The van der Waals surface area contributed by atoms with Gasteiger partial charge in [-0.05, 0) is 44.0 Å². The fourth-order valence-electron chi connectivity index (χ4n) is 3.10. The zero-order valence-corrected chi connectivity index (χ0v) is 15.6. The van der Waals surface area contributed by atoms with E-state index in [1.54, 1.807) is 13.0 Å². The van der Waals surface area contributed by atoms with Crippen LogP contribution in [0.1, 0.15) is 36.8 Å². The highest BCUT2D eigenvalue weighted by Crippen LogP contribution is 2.39. The van der Waals surface area contributed by atoms with Crippen molar-refractivity contribution in [3.05, 3.63) is 41.3 Å². The lowest BCUT2D eigenvalue weighted by molar-refractivity contribution is -0.138. The van der Waals surface area contributed by atoms with Gasteiger partial charge in [-0.1, -0.05) is 0 Å². The molecule has 6 nitrogen and oxygen atoms in total. The number of halogens is 3. The van der Waals surface area contributed by atoms with E-state index < -0.39 is 11.7 Å². The zero-order valence-electron chi connectivity index (χ0n) is 15.6. The number of pyridine rings is 1. The van der Waals surface area contributed by atoms with Crippen LogP contribution in [0.4, 0.5) is 13.2 Å². The lowest BCUT2D eigenvalue weighted by atomic mass is 10.1. The number of alkyl halides is 3. The summed E-state index contributed by atoms with van der Waals surface area (Å²) >= 11 is 0. The maximum absolute atomic E-state index is 13.4. The van der Waals surface area contributed by atoms with Gasteiger partial charge in [-0.15, -0.1) is 0 Å². The largest absolute Gasteiger partial charge is 0.493 e. The molecule has 1 saturated carbocycles. The molecule has 4 rings (SSSR count). The molecule has 1 aliphatic rings. The summed E-state index contributed by atoms with van der Waals surface area (Å²) in [5.74, 6) is 0.422. The van der Waals surface area contributed by atoms with Crippen molar-refractivity contribution in [3.63, 3.8) is 0 Å². The van der Waals surface area contributed by atoms with Gasteiger partial charge >= 0.3 is 6.18 Å². The second-order valence-electron chi connectivity index (χ2n) is 6.84. The third-order valence-electron chi connectivity index (χ3n) is 4.64. The first-order valence-corrected chi connectivity index (χ1v) is 9.26. The van der Waals surface area contributed by atoms with Gasteiger partial charge in [0, 0.05) is 11.6 Å². The first kappa shape index (κ1) is 19.2. The van der Waals surface area contributed by atoms with Crippen LogP contribution in [0, 0.1) is 11.3 Å². The van der Waals surface area contributed by atoms with Crippen molar-refractivity contribution < 1.29 is 17.9 Å². The van der Waals surface area contributed by atoms with Gasteiger partial charge < -0.3 is 15.0 Å². The molecule has 3 aromatic rings. The van der Waals surface area contributed by atoms with E-state index in [0.29, 0.717) is 29.4 Å². The van der Waals surface area contributed by atoms with Crippen LogP contribution >= 0.6 is 0 Å². The highest BCUT2D eigenvalue weighted by molar-refractivity contribution is 5.84. The Bertz CT molecular complexity index is 1100. The Morgan fingerprint density at radius 3 is 2.72 bits per heavy atom. The maximum Gasteiger partial charge on any atom is 0.419 e. The Morgan fingerprint density at radius 1 is 1.28 bits per heavy atom. The van der Waals surface area contributed by atoms with Crippen molar-refractivity contribution in [1.82, 2.24) is 20.3 Å². The number of hydrogen-bond acceptors (Lipinski definition) is 5. The van der Waals surface area contributed by atoms with Crippen molar-refractivity contribution in [2.24, 2.45) is 0 Å². The number of nitrogens with one attached hydrogen (secondary N) is 2. The Labute approximate surface area is 164 Å². The highest BCUT2D eigenvalue weighted by Gasteiger charge is 2.35. The fraction of sp³-hybridized carbons (Fsp3) is 0.350. The van der Waals surface area contributed by atoms with Crippen LogP contribution in [-0.4, -0.2) is 27.6 Å². The quantitative estimate of drug-likeness (QED) is 0.648. The van der Waals surface area contributed by atoms with Gasteiger partial charge in [0.25, 0.3) is 0 Å². The number of rotatable bonds is 6. The molecule has 1 aliphatic carbocycles. The Kier molecular flexibility index (Phi) is 4.88. The van der Waals surface area contributed by atoms with Crippen LogP contribution in [0.2, 0.25) is 0 Å². The van der Waals surface area contributed by atoms with E-state index in [-0.39, 0.29) is 29.3 Å². The van der Waals surface area contributed by atoms with Crippen LogP contribution in [0.15, 0.2) is 24.3 Å². The van der Waals surface area contributed by atoms with E-state index in [9.17, 15) is 18.4 Å². The predicted octanol–water partition coefficient (Wildman–Crippen LogP) is 4.17. The van der Waals surface area contributed by atoms with E-state index in [1.165, 1.54) is 12.1 Å². The molecule has 0 unspecified atom stereocenters. The summed E-state index contributed by atoms with van der Waals surface area (Å²) in [5.41, 5.74) is 0.650. The van der Waals surface area contributed by atoms with Gasteiger partial charge in [0.2, 0.25) is 0 Å². The van der Waals surface area contributed by atoms with Gasteiger partial charge in [0.1, 0.15) is 23.2 Å². The molecule has 0 bridgehead atoms. The second kappa shape index (κ2) is 7.37. The van der Waals surface area contributed by atoms with Crippen LogP contribution in [0.5, 0.6) is 5.75 Å². The molecule has 2 aromatic heterocycles. The summed E-state index contributed by atoms with van der Waals surface area (Å²) in [6.45, 7) is 2.27. The zero-order chi connectivity index (χ0) is 20.6. The van der Waals surface area contributed by atoms with E-state index in [0.717, 1.165) is 18.9 Å². The number of fused-ring (bicyclic) bond motifs is 1. The number of imidazole rings is 1. The molecular formula is C20H18F3N5O. The summed E-state index contributed by atoms with van der Waals surface area (Å²) in [4.78, 5) is 11.8. The first-order chi connectivity index (χ1) is 13.9. The number of aromatic amines is 1. The van der Waals surface area contributed by atoms with E-state index in [4.69, 9.17) is 4.74 Å². The van der Waals surface area contributed by atoms with Crippen molar-refractivity contribution >= 4 is 11.0 Å². The minimum absolute atomic E-state index is 0.0638. The number of benzene rings is 1. The molecule has 2 heterocycles. The molecule has 9 heteroatoms. The molecule has 1 aromatic carbocycles. The highest BCUT2D eigenvalue weighted by atomic mass is 19.4. The summed E-state index contributed by atoms with van der Waals surface area (Å²) < 4.78 is 45.5. The van der Waals surface area contributed by atoms with Gasteiger partial charge in [0.05, 0.1) is 29.9 Å². The summed E-state index contributed by atoms with van der Waals surface area (Å²) in [6, 6.07) is 7.86. The fourth-order valence-corrected chi connectivity index (χ4v) is 3.10. The minimum Gasteiger partial charge on any atom is -0.493 e. The lowest BCUT2D eigenvalue weighted by Gasteiger charge is -2.14. The third-order valence-corrected chi connectivity index (χ3v) is 4.64. The molecule has 0 radical (unpaired) electrons. The lowest BCUT2D eigenvalue weighted by Crippen LogP contribution is -2.16. The van der Waals surface area contributed by atoms with Gasteiger partial charge in [-0.25, -0.2) is 9.97 Å². The molecular weight excluding hydrogens is 383 g/mol. The van der Waals surface area contributed by atoms with Crippen molar-refractivity contribution in [3.8, 4) is 23.1 Å². The van der Waals surface area contributed by atoms with E-state index in [2.05, 4.69) is 20.3 Å². The van der Waals surface area contributed by atoms with Crippen molar-refractivity contribution in [2.45, 2.75) is 38.5 Å². The first-order valence-electron chi connectivity index (χ1n) is 9.26. The summed E-state index contributed by atoms with van der Waals surface area (Å²) in [6.07, 6.45) is -2.30. The maximum atomic E-state index is 13.4. The van der Waals surface area contributed by atoms with Gasteiger partial charge in [0.15, 0.2) is 5.69 Å². The van der Waals surface area contributed by atoms with Crippen LogP contribution in [0.3, 0.4) is 0 Å². The number of ether oxygens (including phenoxy) is 1. The average Bonchev–Trinajstić information content (AvgIpc) is 3.43. The topological polar surface area (TPSA) is 86.6 Å². The summed E-state index contributed by atoms with van der Waals surface area (Å²) in [5, 5.41) is 12.8. The third kappa shape index (κ3) is 4.03. The van der Waals surface area contributed by atoms with Gasteiger partial charge in [-0.2, -0.15) is 18.4 Å². The van der Waals surface area contributed by atoms with E-state index >= 15 is 0 Å². The predicted molar refractivity (Wildman–Crippen MR) is 100 cm³/mol. The van der Waals surface area contributed by atoms with E-state index in [1.807, 2.05) is 6.07 Å². The molecule has 0 saturated heterocycles. The normalized spacial score (nSPS) is 14.2. The number of nitrogens with zero attached hydrogens (tertiary/aromatic N) is 3. The second-order valence-corrected chi connectivity index (χ2v) is 6.84. The van der Waals surface area contributed by atoms with Crippen LogP contribution in [0.25, 0.3) is 22.3 Å². The smallest absolute Gasteiger partial charge is 0.419 e. The Hall–Kier alpha value is -3.12. The van der Waals surface area contributed by atoms with Crippen molar-refractivity contribution in [1.29, 1.82) is 5.26 Å².